The van der Waals surface area contributed by atoms with E-state index in [0.717, 1.165) is 7.57 Å². The second kappa shape index (κ2) is 5.27. The Bertz CT molecular complexity index is 865. The molecule has 0 aliphatic carbocycles. The number of ketones is 1. The van der Waals surface area contributed by atoms with Crippen LogP contribution >= 0.6 is 43.2 Å². The first kappa shape index (κ1) is 13.7. The lowest BCUT2D eigenvalue weighted by molar-refractivity contribution is 0.0970. The second-order valence-electron chi connectivity index (χ2n) is 4.05. The summed E-state index contributed by atoms with van der Waals surface area (Å²) in [7, 11) is 0. The molecular formula is C12H7Br2N3O2S. The molecule has 0 unspecified atom stereocenters. The molecule has 0 saturated carbocycles. The van der Waals surface area contributed by atoms with Gasteiger partial charge in [0.25, 0.3) is 5.56 Å². The van der Waals surface area contributed by atoms with E-state index in [-0.39, 0.29) is 17.9 Å². The number of rotatable bonds is 3. The van der Waals surface area contributed by atoms with Gasteiger partial charge in [-0.05, 0) is 44.0 Å². The Hall–Kier alpha value is -1.25. The lowest BCUT2D eigenvalue weighted by atomic mass is 10.2. The number of hydrogen-bond donors (Lipinski definition) is 0. The Balaban J connectivity index is 1.97. The first-order valence-electron chi connectivity index (χ1n) is 5.57. The van der Waals surface area contributed by atoms with Gasteiger partial charge >= 0.3 is 0 Å². The minimum atomic E-state index is -0.233. The second-order valence-corrected chi connectivity index (χ2v) is 7.80. The van der Waals surface area contributed by atoms with Gasteiger partial charge in [0.2, 0.25) is 0 Å². The third kappa shape index (κ3) is 2.38. The van der Waals surface area contributed by atoms with Crippen LogP contribution in [-0.2, 0) is 6.54 Å². The van der Waals surface area contributed by atoms with Crippen molar-refractivity contribution in [1.82, 2.24) is 14.2 Å². The van der Waals surface area contributed by atoms with Gasteiger partial charge < -0.3 is 4.57 Å². The molecule has 0 amide bonds. The van der Waals surface area contributed by atoms with Crippen LogP contribution in [-0.4, -0.2) is 20.0 Å². The molecule has 0 bridgehead atoms. The fraction of sp³-hybridized carbons (Fsp3) is 0.0833. The number of nitrogens with zero attached hydrogens (tertiary/aromatic N) is 3. The molecule has 0 N–H and O–H groups in total. The van der Waals surface area contributed by atoms with Crippen molar-refractivity contribution in [2.75, 3.05) is 0 Å². The molecule has 0 saturated heterocycles. The lowest BCUT2D eigenvalue weighted by Crippen LogP contribution is -2.25. The van der Waals surface area contributed by atoms with Crippen molar-refractivity contribution in [3.05, 3.63) is 54.2 Å². The number of hydrogen-bond acceptors (Lipinski definition) is 4. The van der Waals surface area contributed by atoms with Crippen molar-refractivity contribution in [2.24, 2.45) is 0 Å². The van der Waals surface area contributed by atoms with Crippen molar-refractivity contribution in [3.8, 4) is 0 Å². The predicted molar refractivity (Wildman–Crippen MR) is 83.5 cm³/mol. The summed E-state index contributed by atoms with van der Waals surface area (Å²) in [6.45, 7) is 0.00227. The molecule has 3 aromatic heterocycles. The van der Waals surface area contributed by atoms with Gasteiger partial charge in [-0.1, -0.05) is 0 Å². The number of halogens is 2. The zero-order chi connectivity index (χ0) is 14.3. The van der Waals surface area contributed by atoms with Crippen molar-refractivity contribution in [3.63, 3.8) is 0 Å². The van der Waals surface area contributed by atoms with Crippen molar-refractivity contribution >= 4 is 54.5 Å². The maximum atomic E-state index is 12.2. The number of carbonyl (C=O) groups excluding carboxylic acids is 1. The van der Waals surface area contributed by atoms with Gasteiger partial charge in [-0.2, -0.15) is 5.10 Å². The fourth-order valence-electron chi connectivity index (χ4n) is 1.86. The summed E-state index contributed by atoms with van der Waals surface area (Å²) in [5.41, 5.74) is 0.789. The SMILES string of the molecule is O=C(Cn1ccn2nccc2c1=O)c1cc(Br)sc1Br. The van der Waals surface area contributed by atoms with Crippen LogP contribution < -0.4 is 5.56 Å². The summed E-state index contributed by atoms with van der Waals surface area (Å²) < 4.78 is 4.50. The highest BCUT2D eigenvalue weighted by Crippen LogP contribution is 2.32. The molecule has 3 heterocycles. The molecule has 0 fully saturated rings. The average Bonchev–Trinajstić information content (AvgIpc) is 2.99. The van der Waals surface area contributed by atoms with E-state index < -0.39 is 0 Å². The van der Waals surface area contributed by atoms with E-state index in [1.807, 2.05) is 0 Å². The summed E-state index contributed by atoms with van der Waals surface area (Å²) in [5.74, 6) is -0.121. The van der Waals surface area contributed by atoms with Crippen LogP contribution in [0.5, 0.6) is 0 Å². The fourth-order valence-corrected chi connectivity index (χ4v) is 4.71. The van der Waals surface area contributed by atoms with Crippen LogP contribution in [0, 0.1) is 0 Å². The Morgan fingerprint density at radius 2 is 2.15 bits per heavy atom. The molecule has 0 spiro atoms. The van der Waals surface area contributed by atoms with Crippen LogP contribution in [0.2, 0.25) is 0 Å². The maximum absolute atomic E-state index is 12.2. The topological polar surface area (TPSA) is 56.4 Å². The van der Waals surface area contributed by atoms with Crippen molar-refractivity contribution in [2.45, 2.75) is 6.54 Å². The van der Waals surface area contributed by atoms with Crippen LogP contribution in [0.4, 0.5) is 0 Å². The van der Waals surface area contributed by atoms with Gasteiger partial charge in [0.15, 0.2) is 5.78 Å². The van der Waals surface area contributed by atoms with Crippen LogP contribution in [0.25, 0.3) is 5.52 Å². The highest BCUT2D eigenvalue weighted by molar-refractivity contribution is 9.12. The maximum Gasteiger partial charge on any atom is 0.276 e. The molecule has 0 aliphatic rings. The van der Waals surface area contributed by atoms with Gasteiger partial charge in [0.05, 0.1) is 20.3 Å². The molecule has 0 aromatic carbocycles. The van der Waals surface area contributed by atoms with E-state index in [1.165, 1.54) is 20.4 Å². The molecule has 0 radical (unpaired) electrons. The zero-order valence-corrected chi connectivity index (χ0v) is 13.9. The third-order valence-corrected chi connectivity index (χ3v) is 5.15. The van der Waals surface area contributed by atoms with Gasteiger partial charge in [0.1, 0.15) is 5.52 Å². The minimum absolute atomic E-state index is 0.00227. The Morgan fingerprint density at radius 1 is 1.35 bits per heavy atom. The van der Waals surface area contributed by atoms with E-state index in [2.05, 4.69) is 37.0 Å². The zero-order valence-electron chi connectivity index (χ0n) is 9.92. The molecule has 20 heavy (non-hydrogen) atoms. The molecule has 102 valence electrons. The highest BCUT2D eigenvalue weighted by atomic mass is 79.9. The monoisotopic (exact) mass is 415 g/mol. The first-order chi connectivity index (χ1) is 9.56. The predicted octanol–water partition coefficient (Wildman–Crippen LogP) is 2.97. The highest BCUT2D eigenvalue weighted by Gasteiger charge is 2.15. The number of Topliss-reactive ketones (excluding diaryl/α,β-unsaturated/α-hetero) is 1. The summed E-state index contributed by atoms with van der Waals surface area (Å²) in [4.78, 5) is 24.4. The van der Waals surface area contributed by atoms with E-state index in [0.29, 0.717) is 11.1 Å². The quantitative estimate of drug-likeness (QED) is 0.616. The first-order valence-corrected chi connectivity index (χ1v) is 7.97. The molecule has 3 aromatic rings. The van der Waals surface area contributed by atoms with Crippen LogP contribution in [0.15, 0.2) is 43.1 Å². The molecular weight excluding hydrogens is 410 g/mol. The van der Waals surface area contributed by atoms with Crippen LogP contribution in [0.3, 0.4) is 0 Å². The van der Waals surface area contributed by atoms with E-state index in [9.17, 15) is 9.59 Å². The summed E-state index contributed by atoms with van der Waals surface area (Å²) in [6, 6.07) is 3.37. The normalized spacial score (nSPS) is 11.1. The Morgan fingerprint density at radius 3 is 2.85 bits per heavy atom. The van der Waals surface area contributed by atoms with Gasteiger partial charge in [-0.3, -0.25) is 9.59 Å². The molecule has 8 heteroatoms. The Labute approximate surface area is 134 Å². The van der Waals surface area contributed by atoms with E-state index >= 15 is 0 Å². The summed E-state index contributed by atoms with van der Waals surface area (Å²) in [5, 5.41) is 3.98. The summed E-state index contributed by atoms with van der Waals surface area (Å²) in [6.07, 6.45) is 4.77. The standard InChI is InChI=1S/C12H7Br2N3O2S/c13-10-5-7(11(14)20-10)9(18)6-16-3-4-17-8(12(16)19)1-2-15-17/h1-5H,6H2. The average molecular weight is 417 g/mol. The smallest absolute Gasteiger partial charge is 0.276 e. The largest absolute Gasteiger partial charge is 0.304 e. The number of thiophene rings is 1. The summed E-state index contributed by atoms with van der Waals surface area (Å²) >= 11 is 8.11. The van der Waals surface area contributed by atoms with Crippen LogP contribution in [0.1, 0.15) is 10.4 Å². The molecule has 5 nitrogen and oxygen atoms in total. The molecule has 0 atom stereocenters. The minimum Gasteiger partial charge on any atom is -0.304 e. The van der Waals surface area contributed by atoms with Gasteiger partial charge in [0, 0.05) is 18.0 Å². The molecule has 0 aliphatic heterocycles. The Kier molecular flexibility index (Phi) is 3.61. The van der Waals surface area contributed by atoms with E-state index in [1.54, 1.807) is 30.7 Å². The number of carbonyl (C=O) groups is 1. The number of fused-ring (bicyclic) bond motifs is 1. The third-order valence-electron chi connectivity index (χ3n) is 2.81. The number of aromatic nitrogens is 3. The molecule has 3 rings (SSSR count). The van der Waals surface area contributed by atoms with E-state index in [4.69, 9.17) is 0 Å². The van der Waals surface area contributed by atoms with Crippen molar-refractivity contribution < 1.29 is 4.79 Å². The van der Waals surface area contributed by atoms with Crippen molar-refractivity contribution in [1.29, 1.82) is 0 Å². The lowest BCUT2D eigenvalue weighted by Gasteiger charge is -2.04. The van der Waals surface area contributed by atoms with Gasteiger partial charge in [-0.25, -0.2) is 4.52 Å². The van der Waals surface area contributed by atoms with Gasteiger partial charge in [-0.15, -0.1) is 11.3 Å².